The SMILES string of the molecule is CCS(=O)c1cnc(Cl)cc1Nn1cnc2ccc(C(F)(F)F)cc2c1=O. The van der Waals surface area contributed by atoms with Crippen LogP contribution in [0.3, 0.4) is 0 Å². The van der Waals surface area contributed by atoms with Crippen molar-refractivity contribution < 1.29 is 17.4 Å². The highest BCUT2D eigenvalue weighted by Gasteiger charge is 2.30. The van der Waals surface area contributed by atoms with E-state index in [1.165, 1.54) is 12.3 Å². The second-order valence-electron chi connectivity index (χ2n) is 5.40. The summed E-state index contributed by atoms with van der Waals surface area (Å²) in [6, 6.07) is 4.10. The fourth-order valence-corrected chi connectivity index (χ4v) is 3.34. The Kier molecular flexibility index (Phi) is 5.20. The highest BCUT2D eigenvalue weighted by Crippen LogP contribution is 2.30. The van der Waals surface area contributed by atoms with E-state index in [2.05, 4.69) is 15.4 Å². The minimum atomic E-state index is -4.58. The number of nitrogens with zero attached hydrogens (tertiary/aromatic N) is 3. The van der Waals surface area contributed by atoms with Gasteiger partial charge in [-0.3, -0.25) is 14.4 Å². The number of halogens is 4. The lowest BCUT2D eigenvalue weighted by Crippen LogP contribution is -2.27. The van der Waals surface area contributed by atoms with Gasteiger partial charge in [0, 0.05) is 18.0 Å². The van der Waals surface area contributed by atoms with E-state index in [4.69, 9.17) is 11.6 Å². The summed E-state index contributed by atoms with van der Waals surface area (Å²) in [6.45, 7) is 1.71. The molecule has 0 aliphatic rings. The summed E-state index contributed by atoms with van der Waals surface area (Å²) >= 11 is 5.86. The van der Waals surface area contributed by atoms with Crippen molar-refractivity contribution >= 4 is 39.0 Å². The number of benzene rings is 1. The van der Waals surface area contributed by atoms with Crippen molar-refractivity contribution in [1.82, 2.24) is 14.6 Å². The van der Waals surface area contributed by atoms with Gasteiger partial charge in [-0.2, -0.15) is 13.2 Å². The van der Waals surface area contributed by atoms with Gasteiger partial charge >= 0.3 is 6.18 Å². The monoisotopic (exact) mass is 416 g/mol. The zero-order valence-electron chi connectivity index (χ0n) is 13.7. The molecule has 3 rings (SSSR count). The Labute approximate surface area is 158 Å². The van der Waals surface area contributed by atoms with Gasteiger partial charge in [0.15, 0.2) is 0 Å². The molecule has 27 heavy (non-hydrogen) atoms. The van der Waals surface area contributed by atoms with E-state index >= 15 is 0 Å². The maximum absolute atomic E-state index is 12.9. The standard InChI is InChI=1S/C16H12ClF3N4O2S/c1-2-27(26)13-7-21-14(17)6-12(13)23-24-8-22-11-4-3-9(16(18,19)20)5-10(11)15(24)25/h3-8H,2H2,1H3,(H,21,23). The quantitative estimate of drug-likeness (QED) is 0.659. The minimum Gasteiger partial charge on any atom is -0.289 e. The Morgan fingerprint density at radius 2 is 2.00 bits per heavy atom. The maximum Gasteiger partial charge on any atom is 0.416 e. The summed E-state index contributed by atoms with van der Waals surface area (Å²) in [6.07, 6.45) is -2.14. The Morgan fingerprint density at radius 1 is 1.26 bits per heavy atom. The summed E-state index contributed by atoms with van der Waals surface area (Å²) < 4.78 is 51.8. The van der Waals surface area contributed by atoms with Crippen molar-refractivity contribution in [2.75, 3.05) is 11.2 Å². The second kappa shape index (κ2) is 7.28. The number of nitrogens with one attached hydrogen (secondary N) is 1. The molecule has 6 nitrogen and oxygen atoms in total. The molecule has 0 saturated carbocycles. The van der Waals surface area contributed by atoms with Crippen LogP contribution in [-0.2, 0) is 17.0 Å². The van der Waals surface area contributed by atoms with E-state index in [0.29, 0.717) is 10.6 Å². The lowest BCUT2D eigenvalue weighted by Gasteiger charge is -2.14. The predicted molar refractivity (Wildman–Crippen MR) is 96.2 cm³/mol. The van der Waals surface area contributed by atoms with Crippen LogP contribution in [0, 0.1) is 0 Å². The summed E-state index contributed by atoms with van der Waals surface area (Å²) in [4.78, 5) is 20.8. The molecule has 0 radical (unpaired) electrons. The van der Waals surface area contributed by atoms with E-state index in [0.717, 1.165) is 29.2 Å². The molecule has 0 amide bonds. The van der Waals surface area contributed by atoms with E-state index in [1.807, 2.05) is 0 Å². The Hall–Kier alpha value is -2.46. The largest absolute Gasteiger partial charge is 0.416 e. The van der Waals surface area contributed by atoms with Crippen molar-refractivity contribution in [2.24, 2.45) is 0 Å². The molecular formula is C16H12ClF3N4O2S. The fraction of sp³-hybridized carbons (Fsp3) is 0.188. The van der Waals surface area contributed by atoms with Crippen LogP contribution in [0.4, 0.5) is 18.9 Å². The molecule has 1 unspecified atom stereocenters. The number of fused-ring (bicyclic) bond motifs is 1. The second-order valence-corrected chi connectivity index (χ2v) is 7.49. The third kappa shape index (κ3) is 3.96. The van der Waals surface area contributed by atoms with Crippen molar-refractivity contribution in [2.45, 2.75) is 18.0 Å². The molecule has 142 valence electrons. The van der Waals surface area contributed by atoms with Crippen LogP contribution < -0.4 is 11.0 Å². The minimum absolute atomic E-state index is 0.0931. The van der Waals surface area contributed by atoms with Gasteiger partial charge in [0.1, 0.15) is 11.5 Å². The Balaban J connectivity index is 2.11. The maximum atomic E-state index is 12.9. The number of hydrogen-bond donors (Lipinski definition) is 1. The highest BCUT2D eigenvalue weighted by atomic mass is 35.5. The molecule has 0 saturated heterocycles. The summed E-state index contributed by atoms with van der Waals surface area (Å²) in [7, 11) is -1.40. The Morgan fingerprint density at radius 3 is 2.67 bits per heavy atom. The Bertz CT molecular complexity index is 1100. The van der Waals surface area contributed by atoms with Gasteiger partial charge in [-0.05, 0) is 18.2 Å². The highest BCUT2D eigenvalue weighted by molar-refractivity contribution is 7.85. The molecule has 0 fully saturated rings. The van der Waals surface area contributed by atoms with Crippen molar-refractivity contribution in [3.63, 3.8) is 0 Å². The van der Waals surface area contributed by atoms with Gasteiger partial charge in [-0.25, -0.2) is 14.6 Å². The van der Waals surface area contributed by atoms with Crippen molar-refractivity contribution in [1.29, 1.82) is 0 Å². The zero-order valence-corrected chi connectivity index (χ0v) is 15.3. The first-order valence-electron chi connectivity index (χ1n) is 7.60. The van der Waals surface area contributed by atoms with Crippen molar-refractivity contribution in [3.8, 4) is 0 Å². The first kappa shape index (κ1) is 19.3. The number of alkyl halides is 3. The van der Waals surface area contributed by atoms with Crippen molar-refractivity contribution in [3.05, 3.63) is 57.9 Å². The third-order valence-corrected chi connectivity index (χ3v) is 5.21. The number of aromatic nitrogens is 3. The summed E-state index contributed by atoms with van der Waals surface area (Å²) in [5, 5.41) is -0.117. The van der Waals surface area contributed by atoms with Crippen LogP contribution in [0.25, 0.3) is 10.9 Å². The van der Waals surface area contributed by atoms with Crippen LogP contribution in [0.5, 0.6) is 0 Å². The lowest BCUT2D eigenvalue weighted by molar-refractivity contribution is -0.137. The van der Waals surface area contributed by atoms with Gasteiger partial charge in [0.05, 0.1) is 37.8 Å². The molecule has 1 atom stereocenters. The van der Waals surface area contributed by atoms with Gasteiger partial charge < -0.3 is 0 Å². The predicted octanol–water partition coefficient (Wildman–Crippen LogP) is 3.47. The van der Waals surface area contributed by atoms with E-state index < -0.39 is 28.1 Å². The normalized spacial score (nSPS) is 12.9. The molecule has 1 N–H and O–H groups in total. The molecule has 0 spiro atoms. The fourth-order valence-electron chi connectivity index (χ4n) is 2.35. The van der Waals surface area contributed by atoms with Crippen LogP contribution >= 0.6 is 11.6 Å². The average Bonchev–Trinajstić information content (AvgIpc) is 2.62. The number of rotatable bonds is 4. The van der Waals surface area contributed by atoms with Crippen LogP contribution in [-0.4, -0.2) is 24.6 Å². The number of pyridine rings is 1. The molecule has 11 heteroatoms. The van der Waals surface area contributed by atoms with E-state index in [-0.39, 0.29) is 21.7 Å². The van der Waals surface area contributed by atoms with Crippen LogP contribution in [0.15, 0.2) is 46.5 Å². The van der Waals surface area contributed by atoms with Gasteiger partial charge in [-0.1, -0.05) is 18.5 Å². The molecule has 0 aliphatic heterocycles. The smallest absolute Gasteiger partial charge is 0.289 e. The zero-order chi connectivity index (χ0) is 19.8. The van der Waals surface area contributed by atoms with E-state index in [9.17, 15) is 22.2 Å². The molecule has 0 aliphatic carbocycles. The first-order chi connectivity index (χ1) is 12.7. The van der Waals surface area contributed by atoms with Gasteiger partial charge in [-0.15, -0.1) is 0 Å². The average molecular weight is 417 g/mol. The van der Waals surface area contributed by atoms with Crippen LogP contribution in [0.1, 0.15) is 12.5 Å². The molecule has 2 aromatic heterocycles. The van der Waals surface area contributed by atoms with Gasteiger partial charge in [0.25, 0.3) is 5.56 Å². The van der Waals surface area contributed by atoms with E-state index in [1.54, 1.807) is 6.92 Å². The van der Waals surface area contributed by atoms with Crippen LogP contribution in [0.2, 0.25) is 5.15 Å². The van der Waals surface area contributed by atoms with Gasteiger partial charge in [0.2, 0.25) is 0 Å². The third-order valence-electron chi connectivity index (χ3n) is 3.67. The molecule has 0 bridgehead atoms. The number of hydrogen-bond acceptors (Lipinski definition) is 5. The molecule has 3 aromatic rings. The topological polar surface area (TPSA) is 76.9 Å². The summed E-state index contributed by atoms with van der Waals surface area (Å²) in [5.74, 6) is 0.303. The first-order valence-corrected chi connectivity index (χ1v) is 9.30. The summed E-state index contributed by atoms with van der Waals surface area (Å²) in [5.41, 5.74) is 1.36. The molecular weight excluding hydrogens is 405 g/mol. The lowest BCUT2D eigenvalue weighted by atomic mass is 10.1. The molecule has 2 heterocycles. The number of anilines is 1. The molecule has 1 aromatic carbocycles.